The second-order valence-corrected chi connectivity index (χ2v) is 5.09. The van der Waals surface area contributed by atoms with Crippen LogP contribution in [0.15, 0.2) is 17.4 Å². The molecule has 0 saturated heterocycles. The van der Waals surface area contributed by atoms with Crippen LogP contribution in [0.1, 0.15) is 19.4 Å². The number of guanidine groups is 1. The lowest BCUT2D eigenvalue weighted by Crippen LogP contribution is -2.45. The number of aliphatic imine (C=N–C) groups is 1. The summed E-state index contributed by atoms with van der Waals surface area (Å²) in [6.07, 6.45) is 4.82. The fourth-order valence-electron chi connectivity index (χ4n) is 1.52. The van der Waals surface area contributed by atoms with E-state index in [4.69, 9.17) is 4.74 Å². The van der Waals surface area contributed by atoms with Gasteiger partial charge >= 0.3 is 0 Å². The van der Waals surface area contributed by atoms with Gasteiger partial charge in [-0.3, -0.25) is 9.67 Å². The van der Waals surface area contributed by atoms with Gasteiger partial charge in [0.05, 0.1) is 11.8 Å². The van der Waals surface area contributed by atoms with Crippen molar-refractivity contribution in [3.05, 3.63) is 18.0 Å². The largest absolute Gasteiger partial charge is 0.377 e. The Kier molecular flexibility index (Phi) is 5.82. The molecule has 6 heteroatoms. The zero-order valence-electron chi connectivity index (χ0n) is 12.5. The molecule has 0 aliphatic heterocycles. The van der Waals surface area contributed by atoms with Crippen LogP contribution in [0.2, 0.25) is 0 Å². The van der Waals surface area contributed by atoms with E-state index < -0.39 is 0 Å². The summed E-state index contributed by atoms with van der Waals surface area (Å²) >= 11 is 0. The first-order valence-electron chi connectivity index (χ1n) is 6.44. The summed E-state index contributed by atoms with van der Waals surface area (Å²) in [5.74, 6) is 0.786. The molecule has 0 fully saturated rings. The third-order valence-electron chi connectivity index (χ3n) is 2.92. The molecule has 108 valence electrons. The summed E-state index contributed by atoms with van der Waals surface area (Å²) in [5, 5.41) is 10.7. The number of methoxy groups -OCH3 is 1. The number of rotatable bonds is 6. The number of nitrogens with zero attached hydrogens (tertiary/aromatic N) is 3. The van der Waals surface area contributed by atoms with Crippen molar-refractivity contribution in [1.82, 2.24) is 20.4 Å². The summed E-state index contributed by atoms with van der Waals surface area (Å²) in [6.45, 7) is 5.58. The fourth-order valence-corrected chi connectivity index (χ4v) is 1.52. The molecule has 0 atom stereocenters. The zero-order valence-corrected chi connectivity index (χ0v) is 12.5. The second-order valence-electron chi connectivity index (χ2n) is 5.09. The van der Waals surface area contributed by atoms with Gasteiger partial charge < -0.3 is 15.4 Å². The van der Waals surface area contributed by atoms with E-state index in [2.05, 4.69) is 20.7 Å². The molecular formula is C13H25N5O. The molecule has 0 amide bonds. The Labute approximate surface area is 115 Å². The first kappa shape index (κ1) is 15.5. The minimum absolute atomic E-state index is 0.207. The van der Waals surface area contributed by atoms with Crippen molar-refractivity contribution >= 4 is 5.96 Å². The van der Waals surface area contributed by atoms with Crippen LogP contribution in [0, 0.1) is 0 Å². The molecule has 0 aliphatic carbocycles. The summed E-state index contributed by atoms with van der Waals surface area (Å²) in [4.78, 5) is 4.18. The molecule has 0 saturated carbocycles. The third-order valence-corrected chi connectivity index (χ3v) is 2.92. The molecule has 0 radical (unpaired) electrons. The summed E-state index contributed by atoms with van der Waals surface area (Å²) < 4.78 is 7.16. The quantitative estimate of drug-likeness (QED) is 0.584. The highest BCUT2D eigenvalue weighted by Crippen LogP contribution is 2.04. The molecule has 6 nitrogen and oxygen atoms in total. The molecule has 1 aromatic heterocycles. The van der Waals surface area contributed by atoms with Crippen LogP contribution in [0.3, 0.4) is 0 Å². The lowest BCUT2D eigenvalue weighted by Gasteiger charge is -2.24. The van der Waals surface area contributed by atoms with E-state index in [9.17, 15) is 0 Å². The van der Waals surface area contributed by atoms with E-state index in [-0.39, 0.29) is 5.60 Å². The molecular weight excluding hydrogens is 242 g/mol. The van der Waals surface area contributed by atoms with E-state index in [0.717, 1.165) is 18.9 Å². The third kappa shape index (κ3) is 5.74. The molecule has 0 spiro atoms. The SMILES string of the molecule is CN=C(NCCc1cnn(C)c1)NCC(C)(C)OC. The van der Waals surface area contributed by atoms with Gasteiger partial charge in [0, 0.05) is 40.5 Å². The smallest absolute Gasteiger partial charge is 0.191 e. The average molecular weight is 267 g/mol. The average Bonchev–Trinajstić information content (AvgIpc) is 2.79. The van der Waals surface area contributed by atoms with Gasteiger partial charge in [-0.2, -0.15) is 5.10 Å². The molecule has 0 aliphatic rings. The summed E-state index contributed by atoms with van der Waals surface area (Å²) in [7, 11) is 5.39. The predicted octanol–water partition coefficient (Wildman–Crippen LogP) is 0.553. The van der Waals surface area contributed by atoms with Crippen molar-refractivity contribution in [2.24, 2.45) is 12.0 Å². The second kappa shape index (κ2) is 7.13. The van der Waals surface area contributed by atoms with Gasteiger partial charge in [-0.05, 0) is 25.8 Å². The summed E-state index contributed by atoms with van der Waals surface area (Å²) in [5.41, 5.74) is 1.00. The number of hydrogen-bond acceptors (Lipinski definition) is 3. The van der Waals surface area contributed by atoms with E-state index >= 15 is 0 Å². The van der Waals surface area contributed by atoms with Gasteiger partial charge in [0.1, 0.15) is 0 Å². The van der Waals surface area contributed by atoms with Crippen LogP contribution in [0.25, 0.3) is 0 Å². The maximum Gasteiger partial charge on any atom is 0.191 e. The normalized spacial score (nSPS) is 12.6. The first-order chi connectivity index (χ1) is 8.96. The molecule has 1 rings (SSSR count). The number of aryl methyl sites for hydroxylation is 1. The van der Waals surface area contributed by atoms with Crippen molar-refractivity contribution in [2.75, 3.05) is 27.2 Å². The van der Waals surface area contributed by atoms with Crippen LogP contribution in [0.4, 0.5) is 0 Å². The molecule has 2 N–H and O–H groups in total. The maximum absolute atomic E-state index is 5.35. The minimum atomic E-state index is -0.207. The number of aromatic nitrogens is 2. The van der Waals surface area contributed by atoms with Gasteiger partial charge in [0.2, 0.25) is 0 Å². The molecule has 1 aromatic rings. The van der Waals surface area contributed by atoms with E-state index in [1.54, 1.807) is 14.2 Å². The molecule has 0 bridgehead atoms. The van der Waals surface area contributed by atoms with Gasteiger partial charge in [-0.25, -0.2) is 0 Å². The highest BCUT2D eigenvalue weighted by molar-refractivity contribution is 5.79. The van der Waals surface area contributed by atoms with Crippen LogP contribution in [-0.4, -0.2) is 48.6 Å². The van der Waals surface area contributed by atoms with E-state index in [0.29, 0.717) is 6.54 Å². The highest BCUT2D eigenvalue weighted by atomic mass is 16.5. The van der Waals surface area contributed by atoms with Crippen molar-refractivity contribution in [2.45, 2.75) is 25.9 Å². The standard InChI is InChI=1S/C13H25N5O/c1-13(2,19-5)10-16-12(14-3)15-7-6-11-8-17-18(4)9-11/h8-9H,6-7,10H2,1-5H3,(H2,14,15,16). The Morgan fingerprint density at radius 3 is 2.74 bits per heavy atom. The van der Waals surface area contributed by atoms with E-state index in [1.807, 2.05) is 38.0 Å². The number of nitrogens with one attached hydrogen (secondary N) is 2. The lowest BCUT2D eigenvalue weighted by molar-refractivity contribution is 0.0268. The zero-order chi connectivity index (χ0) is 14.3. The number of hydrogen-bond donors (Lipinski definition) is 2. The first-order valence-corrected chi connectivity index (χ1v) is 6.44. The Hall–Kier alpha value is -1.56. The van der Waals surface area contributed by atoms with Crippen LogP contribution >= 0.6 is 0 Å². The Morgan fingerprint density at radius 2 is 2.21 bits per heavy atom. The van der Waals surface area contributed by atoms with Gasteiger partial charge in [0.15, 0.2) is 5.96 Å². The highest BCUT2D eigenvalue weighted by Gasteiger charge is 2.16. The Balaban J connectivity index is 2.30. The Morgan fingerprint density at radius 1 is 1.47 bits per heavy atom. The van der Waals surface area contributed by atoms with Crippen molar-refractivity contribution in [3.63, 3.8) is 0 Å². The van der Waals surface area contributed by atoms with Crippen LogP contribution < -0.4 is 10.6 Å². The lowest BCUT2D eigenvalue weighted by atomic mass is 10.1. The van der Waals surface area contributed by atoms with E-state index in [1.165, 1.54) is 5.56 Å². The fraction of sp³-hybridized carbons (Fsp3) is 0.692. The summed E-state index contributed by atoms with van der Waals surface area (Å²) in [6, 6.07) is 0. The molecule has 1 heterocycles. The number of ether oxygens (including phenoxy) is 1. The van der Waals surface area contributed by atoms with Crippen molar-refractivity contribution in [1.29, 1.82) is 0 Å². The topological polar surface area (TPSA) is 63.5 Å². The molecule has 0 aromatic carbocycles. The molecule has 0 unspecified atom stereocenters. The van der Waals surface area contributed by atoms with Gasteiger partial charge in [-0.1, -0.05) is 0 Å². The van der Waals surface area contributed by atoms with Crippen LogP contribution in [-0.2, 0) is 18.2 Å². The maximum atomic E-state index is 5.35. The van der Waals surface area contributed by atoms with Crippen LogP contribution in [0.5, 0.6) is 0 Å². The van der Waals surface area contributed by atoms with Gasteiger partial charge in [-0.15, -0.1) is 0 Å². The van der Waals surface area contributed by atoms with Crippen molar-refractivity contribution < 1.29 is 4.74 Å². The predicted molar refractivity (Wildman–Crippen MR) is 77.4 cm³/mol. The Bertz CT molecular complexity index is 411. The monoisotopic (exact) mass is 267 g/mol. The van der Waals surface area contributed by atoms with Crippen molar-refractivity contribution in [3.8, 4) is 0 Å². The molecule has 19 heavy (non-hydrogen) atoms. The van der Waals surface area contributed by atoms with Gasteiger partial charge in [0.25, 0.3) is 0 Å². The minimum Gasteiger partial charge on any atom is -0.377 e.